The molecule has 0 aliphatic heterocycles. The fourth-order valence-corrected chi connectivity index (χ4v) is 6.67. The van der Waals surface area contributed by atoms with Crippen LogP contribution < -0.4 is 11.1 Å². The molecule has 0 atom stereocenters. The lowest BCUT2D eigenvalue weighted by molar-refractivity contribution is 1.18. The van der Waals surface area contributed by atoms with Gasteiger partial charge < -0.3 is 15.6 Å². The van der Waals surface area contributed by atoms with Crippen LogP contribution in [-0.2, 0) is 0 Å². The van der Waals surface area contributed by atoms with Gasteiger partial charge in [0.2, 0.25) is 0 Å². The first-order valence-electron chi connectivity index (χ1n) is 15.5. The normalized spacial score (nSPS) is 11.2. The second-order valence-electron chi connectivity index (χ2n) is 11.4. The molecule has 0 spiro atoms. The Morgan fingerprint density at radius 2 is 1.20 bits per heavy atom. The Labute approximate surface area is 268 Å². The number of nitrogens with two attached hydrogens (primary N) is 1. The number of nitrogens with one attached hydrogen (secondary N) is 1. The molecule has 0 aliphatic rings. The van der Waals surface area contributed by atoms with Crippen molar-refractivity contribution >= 4 is 33.2 Å². The lowest BCUT2D eigenvalue weighted by Gasteiger charge is -2.17. The summed E-state index contributed by atoms with van der Waals surface area (Å²) in [5, 5.41) is 5.92. The molecule has 0 amide bonds. The van der Waals surface area contributed by atoms with E-state index in [-0.39, 0.29) is 0 Å². The second kappa shape index (κ2) is 11.4. The molecular weight excluding hydrogens is 560 g/mol. The molecule has 0 saturated carbocycles. The predicted molar refractivity (Wildman–Crippen MR) is 194 cm³/mol. The lowest BCUT2D eigenvalue weighted by Crippen LogP contribution is -2.01. The minimum Gasteiger partial charge on any atom is -0.398 e. The number of benzene rings is 6. The van der Waals surface area contributed by atoms with Crippen LogP contribution in [0.4, 0.5) is 11.4 Å². The highest BCUT2D eigenvalue weighted by Gasteiger charge is 2.19. The van der Waals surface area contributed by atoms with Gasteiger partial charge in [-0.2, -0.15) is 0 Å². The number of nitrogen functional groups attached to an aromatic ring is 1. The maximum Gasteiger partial charge on any atom is 0.0779 e. The molecule has 6 aromatic carbocycles. The van der Waals surface area contributed by atoms with E-state index in [2.05, 4.69) is 143 Å². The first kappa shape index (κ1) is 27.4. The molecular formula is C42H32N4. The smallest absolute Gasteiger partial charge is 0.0779 e. The number of pyridine rings is 1. The molecule has 0 unspecified atom stereocenters. The van der Waals surface area contributed by atoms with E-state index in [1.807, 2.05) is 31.3 Å². The van der Waals surface area contributed by atoms with Crippen LogP contribution in [0.15, 0.2) is 158 Å². The zero-order chi connectivity index (χ0) is 31.0. The van der Waals surface area contributed by atoms with Crippen LogP contribution in [0.1, 0.15) is 0 Å². The number of anilines is 2. The first-order chi connectivity index (χ1) is 22.7. The minimum absolute atomic E-state index is 0.753. The maximum atomic E-state index is 6.48. The molecule has 46 heavy (non-hydrogen) atoms. The van der Waals surface area contributed by atoms with Gasteiger partial charge in [0.05, 0.1) is 28.1 Å². The quantitative estimate of drug-likeness (QED) is 0.189. The molecule has 8 rings (SSSR count). The summed E-state index contributed by atoms with van der Waals surface area (Å²) in [5.74, 6) is 0. The number of para-hydroxylation sites is 2. The Morgan fingerprint density at radius 3 is 2.02 bits per heavy atom. The molecule has 0 fully saturated rings. The molecule has 0 aliphatic carbocycles. The van der Waals surface area contributed by atoms with Gasteiger partial charge in [0.1, 0.15) is 0 Å². The van der Waals surface area contributed by atoms with Crippen molar-refractivity contribution in [1.82, 2.24) is 9.55 Å². The predicted octanol–water partition coefficient (Wildman–Crippen LogP) is 10.5. The van der Waals surface area contributed by atoms with Crippen molar-refractivity contribution in [3.8, 4) is 50.5 Å². The topological polar surface area (TPSA) is 55.9 Å². The minimum atomic E-state index is 0.753. The van der Waals surface area contributed by atoms with Gasteiger partial charge in [0, 0.05) is 51.4 Å². The molecule has 4 heteroatoms. The molecule has 0 radical (unpaired) electrons. The summed E-state index contributed by atoms with van der Waals surface area (Å²) >= 11 is 0. The van der Waals surface area contributed by atoms with Gasteiger partial charge in [-0.3, -0.25) is 0 Å². The molecule has 3 N–H and O–H groups in total. The molecule has 0 bridgehead atoms. The fourth-order valence-electron chi connectivity index (χ4n) is 6.67. The van der Waals surface area contributed by atoms with Gasteiger partial charge >= 0.3 is 0 Å². The van der Waals surface area contributed by atoms with E-state index in [0.29, 0.717) is 0 Å². The maximum absolute atomic E-state index is 6.48. The fraction of sp³-hybridized carbons (Fsp3) is 0.0238. The van der Waals surface area contributed by atoms with Gasteiger partial charge in [-0.15, -0.1) is 0 Å². The Hall–Kier alpha value is -6.13. The van der Waals surface area contributed by atoms with Crippen molar-refractivity contribution in [1.29, 1.82) is 0 Å². The van der Waals surface area contributed by atoms with Crippen LogP contribution in [0, 0.1) is 0 Å². The van der Waals surface area contributed by atoms with Gasteiger partial charge in [-0.1, -0.05) is 121 Å². The Balaban J connectivity index is 1.31. The van der Waals surface area contributed by atoms with E-state index >= 15 is 0 Å². The highest BCUT2D eigenvalue weighted by molar-refractivity contribution is 6.16. The van der Waals surface area contributed by atoms with Crippen LogP contribution >= 0.6 is 0 Å². The number of fused-ring (bicyclic) bond motifs is 3. The summed E-state index contributed by atoms with van der Waals surface area (Å²) in [5.41, 5.74) is 20.1. The van der Waals surface area contributed by atoms with Crippen LogP contribution in [0.2, 0.25) is 0 Å². The van der Waals surface area contributed by atoms with E-state index < -0.39 is 0 Å². The van der Waals surface area contributed by atoms with Crippen LogP contribution in [0.3, 0.4) is 0 Å². The molecule has 0 saturated heterocycles. The summed E-state index contributed by atoms with van der Waals surface area (Å²) in [6, 6.07) is 55.0. The van der Waals surface area contributed by atoms with Crippen molar-refractivity contribution in [2.45, 2.75) is 0 Å². The summed E-state index contributed by atoms with van der Waals surface area (Å²) in [7, 11) is 1.98. The van der Waals surface area contributed by atoms with Crippen LogP contribution in [0.25, 0.3) is 72.3 Å². The van der Waals surface area contributed by atoms with Crippen molar-refractivity contribution in [2.75, 3.05) is 18.1 Å². The highest BCUT2D eigenvalue weighted by atomic mass is 15.0. The van der Waals surface area contributed by atoms with Gasteiger partial charge in [-0.25, -0.2) is 4.98 Å². The number of nitrogens with zero attached hydrogens (tertiary/aromatic N) is 2. The van der Waals surface area contributed by atoms with Crippen LogP contribution in [-0.4, -0.2) is 16.6 Å². The van der Waals surface area contributed by atoms with Gasteiger partial charge in [0.25, 0.3) is 0 Å². The Kier molecular flexibility index (Phi) is 6.81. The van der Waals surface area contributed by atoms with Crippen molar-refractivity contribution < 1.29 is 0 Å². The third kappa shape index (κ3) is 4.59. The average Bonchev–Trinajstić information content (AvgIpc) is 3.46. The number of aromatic nitrogens is 2. The average molecular weight is 593 g/mol. The standard InChI is InChI=1S/C42H32N4/c1-44-41-35(32-18-7-9-21-37(32)43)25-26-36-34-20-8-10-24-40(34)46(42(36)41)30-16-11-15-29(27-30)38-22-12-23-39(45-38)33-19-6-5-17-31(33)28-13-3-2-4-14-28/h2-27,44H,43H2,1H3. The number of hydrogen-bond donors (Lipinski definition) is 2. The van der Waals surface area contributed by atoms with Gasteiger partial charge in [0.15, 0.2) is 0 Å². The molecule has 2 aromatic heterocycles. The third-order valence-corrected chi connectivity index (χ3v) is 8.77. The number of hydrogen-bond acceptors (Lipinski definition) is 3. The summed E-state index contributed by atoms with van der Waals surface area (Å²) in [4.78, 5) is 5.21. The molecule has 220 valence electrons. The van der Waals surface area contributed by atoms with E-state index in [4.69, 9.17) is 10.7 Å². The van der Waals surface area contributed by atoms with E-state index in [9.17, 15) is 0 Å². The Morgan fingerprint density at radius 1 is 0.522 bits per heavy atom. The van der Waals surface area contributed by atoms with Gasteiger partial charge in [-0.05, 0) is 47.5 Å². The van der Waals surface area contributed by atoms with Crippen LogP contribution in [0.5, 0.6) is 0 Å². The van der Waals surface area contributed by atoms with E-state index in [1.165, 1.54) is 21.9 Å². The largest absolute Gasteiger partial charge is 0.398 e. The number of rotatable bonds is 6. The monoisotopic (exact) mass is 592 g/mol. The van der Waals surface area contributed by atoms with Crippen molar-refractivity contribution in [3.63, 3.8) is 0 Å². The second-order valence-corrected chi connectivity index (χ2v) is 11.4. The Bertz CT molecular complexity index is 2370. The molecule has 2 heterocycles. The van der Waals surface area contributed by atoms with Crippen molar-refractivity contribution in [2.24, 2.45) is 0 Å². The SMILES string of the molecule is CNc1c(-c2ccccc2N)ccc2c3ccccc3n(-c3cccc(-c4cccc(-c5ccccc5-c5ccccc5)n4)c3)c12. The zero-order valence-electron chi connectivity index (χ0n) is 25.5. The first-order valence-corrected chi connectivity index (χ1v) is 15.5. The third-order valence-electron chi connectivity index (χ3n) is 8.77. The van der Waals surface area contributed by atoms with E-state index in [0.717, 1.165) is 61.7 Å². The zero-order valence-corrected chi connectivity index (χ0v) is 25.5. The van der Waals surface area contributed by atoms with Crippen molar-refractivity contribution in [3.05, 3.63) is 158 Å². The van der Waals surface area contributed by atoms with E-state index in [1.54, 1.807) is 0 Å². The highest BCUT2D eigenvalue weighted by Crippen LogP contribution is 2.43. The lowest BCUT2D eigenvalue weighted by atomic mass is 9.97. The molecule has 4 nitrogen and oxygen atoms in total. The summed E-state index contributed by atoms with van der Waals surface area (Å²) in [6.07, 6.45) is 0. The molecule has 8 aromatic rings. The summed E-state index contributed by atoms with van der Waals surface area (Å²) in [6.45, 7) is 0. The summed E-state index contributed by atoms with van der Waals surface area (Å²) < 4.78 is 2.36.